The van der Waals surface area contributed by atoms with E-state index in [1.165, 1.54) is 10.5 Å². The maximum absolute atomic E-state index is 12.8. The molecule has 3 amide bonds. The quantitative estimate of drug-likeness (QED) is 0.843. The number of imide groups is 1. The first-order chi connectivity index (χ1) is 11.9. The zero-order valence-electron chi connectivity index (χ0n) is 14.8. The Morgan fingerprint density at radius 1 is 1.12 bits per heavy atom. The number of nitrogens with two attached hydrogens (primary N) is 1. The van der Waals surface area contributed by atoms with E-state index >= 15 is 0 Å². The van der Waals surface area contributed by atoms with Gasteiger partial charge in [-0.2, -0.15) is 0 Å². The molecule has 0 aromatic heterocycles. The van der Waals surface area contributed by atoms with Crippen LogP contribution in [0.2, 0.25) is 0 Å². The van der Waals surface area contributed by atoms with Crippen LogP contribution in [0.25, 0.3) is 0 Å². The van der Waals surface area contributed by atoms with Crippen LogP contribution in [0.15, 0.2) is 24.3 Å². The molecule has 6 heteroatoms. The highest BCUT2D eigenvalue weighted by atomic mass is 16.2. The van der Waals surface area contributed by atoms with Crippen LogP contribution in [0.5, 0.6) is 0 Å². The molecule has 2 saturated heterocycles. The molecule has 2 aliphatic rings. The van der Waals surface area contributed by atoms with Gasteiger partial charge in [0, 0.05) is 5.92 Å². The molecule has 3 rings (SSSR count). The van der Waals surface area contributed by atoms with Gasteiger partial charge >= 0.3 is 0 Å². The van der Waals surface area contributed by atoms with E-state index in [1.807, 2.05) is 29.2 Å². The number of primary amides is 1. The molecule has 2 heterocycles. The molecule has 0 radical (unpaired) electrons. The van der Waals surface area contributed by atoms with E-state index in [9.17, 15) is 14.4 Å². The van der Waals surface area contributed by atoms with E-state index in [0.717, 1.165) is 0 Å². The lowest BCUT2D eigenvalue weighted by Crippen LogP contribution is -2.47. The van der Waals surface area contributed by atoms with Gasteiger partial charge in [0.2, 0.25) is 11.8 Å². The minimum absolute atomic E-state index is 0.122. The van der Waals surface area contributed by atoms with Gasteiger partial charge < -0.3 is 5.73 Å². The number of hydrogen-bond acceptors (Lipinski definition) is 4. The summed E-state index contributed by atoms with van der Waals surface area (Å²) in [5.41, 5.74) is 7.17. The van der Waals surface area contributed by atoms with Crippen LogP contribution in [-0.2, 0) is 14.4 Å². The summed E-state index contributed by atoms with van der Waals surface area (Å²) < 4.78 is 0. The number of piperidine rings is 1. The van der Waals surface area contributed by atoms with Crippen LogP contribution < -0.4 is 10.6 Å². The standard InChI is InChI=1S/C19H25N3O3/c1-12(2)13-3-5-15(6-4-13)22-17(23)11-16(19(22)25)21-9-7-14(8-10-21)18(20)24/h3-6,12,14,16H,7-11H2,1-2H3,(H2,20,24)/t16-/m0/s1. The number of amides is 3. The number of likely N-dealkylation sites (tertiary alicyclic amines) is 1. The molecule has 0 spiro atoms. The van der Waals surface area contributed by atoms with E-state index in [-0.39, 0.29) is 30.1 Å². The fraction of sp³-hybridized carbons (Fsp3) is 0.526. The Hall–Kier alpha value is -2.21. The van der Waals surface area contributed by atoms with Gasteiger partial charge in [0.15, 0.2) is 0 Å². The SMILES string of the molecule is CC(C)c1ccc(N2C(=O)C[C@H](N3CCC(C(N)=O)CC3)C2=O)cc1. The highest BCUT2D eigenvalue weighted by molar-refractivity contribution is 6.22. The van der Waals surface area contributed by atoms with E-state index in [1.54, 1.807) is 0 Å². The highest BCUT2D eigenvalue weighted by Crippen LogP contribution is 2.29. The fourth-order valence-electron chi connectivity index (χ4n) is 3.68. The molecule has 0 aliphatic carbocycles. The monoisotopic (exact) mass is 343 g/mol. The smallest absolute Gasteiger partial charge is 0.251 e. The lowest BCUT2D eigenvalue weighted by atomic mass is 9.95. The topological polar surface area (TPSA) is 83.7 Å². The van der Waals surface area contributed by atoms with E-state index < -0.39 is 6.04 Å². The predicted octanol–water partition coefficient (Wildman–Crippen LogP) is 1.64. The second kappa shape index (κ2) is 6.96. The molecule has 0 bridgehead atoms. The van der Waals surface area contributed by atoms with Crippen LogP contribution in [0.3, 0.4) is 0 Å². The Morgan fingerprint density at radius 2 is 1.72 bits per heavy atom. The van der Waals surface area contributed by atoms with Crippen molar-refractivity contribution in [2.45, 2.75) is 45.1 Å². The van der Waals surface area contributed by atoms with Crippen LogP contribution in [-0.4, -0.2) is 41.8 Å². The maximum atomic E-state index is 12.8. The summed E-state index contributed by atoms with van der Waals surface area (Å²) in [5.74, 6) is -0.328. The highest BCUT2D eigenvalue weighted by Gasteiger charge is 2.43. The molecular weight excluding hydrogens is 318 g/mol. The van der Waals surface area contributed by atoms with Crippen molar-refractivity contribution in [3.05, 3.63) is 29.8 Å². The van der Waals surface area contributed by atoms with Gasteiger partial charge in [0.05, 0.1) is 18.2 Å². The van der Waals surface area contributed by atoms with E-state index in [4.69, 9.17) is 5.73 Å². The van der Waals surface area contributed by atoms with Gasteiger partial charge in [-0.3, -0.25) is 19.3 Å². The summed E-state index contributed by atoms with van der Waals surface area (Å²) in [4.78, 5) is 39.9. The van der Waals surface area contributed by atoms with Gasteiger partial charge in [-0.25, -0.2) is 4.90 Å². The lowest BCUT2D eigenvalue weighted by Gasteiger charge is -2.33. The number of nitrogens with zero attached hydrogens (tertiary/aromatic N) is 2. The first-order valence-corrected chi connectivity index (χ1v) is 8.88. The first-order valence-electron chi connectivity index (χ1n) is 8.88. The van der Waals surface area contributed by atoms with Gasteiger partial charge in [-0.15, -0.1) is 0 Å². The van der Waals surface area contributed by atoms with Crippen molar-refractivity contribution in [2.24, 2.45) is 11.7 Å². The molecular formula is C19H25N3O3. The number of anilines is 1. The maximum Gasteiger partial charge on any atom is 0.251 e. The average Bonchev–Trinajstić information content (AvgIpc) is 2.89. The summed E-state index contributed by atoms with van der Waals surface area (Å²) in [6.07, 6.45) is 1.50. The van der Waals surface area contributed by atoms with Crippen molar-refractivity contribution >= 4 is 23.4 Å². The van der Waals surface area contributed by atoms with Gasteiger partial charge in [-0.1, -0.05) is 26.0 Å². The minimum Gasteiger partial charge on any atom is -0.369 e. The minimum atomic E-state index is -0.425. The second-order valence-electron chi connectivity index (χ2n) is 7.25. The van der Waals surface area contributed by atoms with Crippen LogP contribution in [0, 0.1) is 5.92 Å². The summed E-state index contributed by atoms with van der Waals surface area (Å²) >= 11 is 0. The van der Waals surface area contributed by atoms with Crippen LogP contribution in [0.4, 0.5) is 5.69 Å². The number of carbonyl (C=O) groups is 3. The molecule has 1 aromatic rings. The molecule has 1 atom stereocenters. The Balaban J connectivity index is 1.71. The summed E-state index contributed by atoms with van der Waals surface area (Å²) in [5, 5.41) is 0. The van der Waals surface area contributed by atoms with Gasteiger partial charge in [-0.05, 0) is 49.5 Å². The van der Waals surface area contributed by atoms with Crippen molar-refractivity contribution in [1.82, 2.24) is 4.90 Å². The molecule has 134 valence electrons. The Bertz CT molecular complexity index is 676. The van der Waals surface area contributed by atoms with Crippen LogP contribution in [0.1, 0.15) is 44.6 Å². The zero-order valence-corrected chi connectivity index (χ0v) is 14.8. The number of benzene rings is 1. The average molecular weight is 343 g/mol. The third kappa shape index (κ3) is 3.44. The molecule has 2 aliphatic heterocycles. The predicted molar refractivity (Wildman–Crippen MR) is 94.9 cm³/mol. The Morgan fingerprint density at radius 3 is 2.24 bits per heavy atom. The molecule has 6 nitrogen and oxygen atoms in total. The third-order valence-corrected chi connectivity index (χ3v) is 5.31. The van der Waals surface area contributed by atoms with Crippen molar-refractivity contribution in [1.29, 1.82) is 0 Å². The van der Waals surface area contributed by atoms with Gasteiger partial charge in [0.1, 0.15) is 0 Å². The number of rotatable bonds is 4. The molecule has 0 saturated carbocycles. The number of hydrogen-bond donors (Lipinski definition) is 1. The van der Waals surface area contributed by atoms with Crippen LogP contribution >= 0.6 is 0 Å². The first kappa shape index (κ1) is 17.6. The van der Waals surface area contributed by atoms with Crippen molar-refractivity contribution in [3.8, 4) is 0 Å². The molecule has 0 unspecified atom stereocenters. The normalized spacial score (nSPS) is 22.8. The van der Waals surface area contributed by atoms with Crippen molar-refractivity contribution in [3.63, 3.8) is 0 Å². The summed E-state index contributed by atoms with van der Waals surface area (Å²) in [7, 11) is 0. The lowest BCUT2D eigenvalue weighted by molar-refractivity contribution is -0.124. The Kier molecular flexibility index (Phi) is 4.90. The van der Waals surface area contributed by atoms with Crippen molar-refractivity contribution in [2.75, 3.05) is 18.0 Å². The van der Waals surface area contributed by atoms with Gasteiger partial charge in [0.25, 0.3) is 5.91 Å². The van der Waals surface area contributed by atoms with Crippen molar-refractivity contribution < 1.29 is 14.4 Å². The molecule has 25 heavy (non-hydrogen) atoms. The number of carbonyl (C=O) groups excluding carboxylic acids is 3. The molecule has 1 aromatic carbocycles. The largest absolute Gasteiger partial charge is 0.369 e. The second-order valence-corrected chi connectivity index (χ2v) is 7.25. The summed E-state index contributed by atoms with van der Waals surface area (Å²) in [6.45, 7) is 5.45. The summed E-state index contributed by atoms with van der Waals surface area (Å²) in [6, 6.07) is 7.18. The zero-order chi connectivity index (χ0) is 18.1. The van der Waals surface area contributed by atoms with E-state index in [0.29, 0.717) is 37.5 Å². The Labute approximate surface area is 148 Å². The third-order valence-electron chi connectivity index (χ3n) is 5.31. The molecule has 2 N–H and O–H groups in total. The van der Waals surface area contributed by atoms with E-state index in [2.05, 4.69) is 13.8 Å². The molecule has 2 fully saturated rings. The fourth-order valence-corrected chi connectivity index (χ4v) is 3.68.